The van der Waals surface area contributed by atoms with E-state index in [9.17, 15) is 25.9 Å². The van der Waals surface area contributed by atoms with Crippen molar-refractivity contribution in [2.24, 2.45) is 0 Å². The van der Waals surface area contributed by atoms with Crippen LogP contribution in [-0.2, 0) is 20.8 Å². The zero-order chi connectivity index (χ0) is 21.8. The first-order chi connectivity index (χ1) is 13.9. The summed E-state index contributed by atoms with van der Waals surface area (Å²) in [6.07, 6.45) is 0. The van der Waals surface area contributed by atoms with Gasteiger partial charge in [-0.2, -0.15) is 16.8 Å². The van der Waals surface area contributed by atoms with Crippen molar-refractivity contribution in [3.63, 3.8) is 0 Å². The van der Waals surface area contributed by atoms with E-state index < -0.39 is 20.8 Å². The molecule has 0 fully saturated rings. The second kappa shape index (κ2) is 7.25. The summed E-state index contributed by atoms with van der Waals surface area (Å²) in [5.74, 6) is -0.612. The fourth-order valence-electron chi connectivity index (χ4n) is 3.01. The number of halogens is 2. The number of nitrogens with one attached hydrogen (secondary N) is 2. The lowest BCUT2D eigenvalue weighted by molar-refractivity contribution is 0.384. The fourth-order valence-corrected chi connectivity index (χ4v) is 4.50. The van der Waals surface area contributed by atoms with E-state index in [1.54, 1.807) is 36.4 Å². The van der Waals surface area contributed by atoms with Gasteiger partial charge in [-0.05, 0) is 36.4 Å². The lowest BCUT2D eigenvalue weighted by Crippen LogP contribution is -2.08. The van der Waals surface area contributed by atoms with Gasteiger partial charge in [0.05, 0.1) is 0 Å². The van der Waals surface area contributed by atoms with Crippen molar-refractivity contribution in [3.05, 3.63) is 45.3 Å². The van der Waals surface area contributed by atoms with Crippen LogP contribution < -0.4 is 8.37 Å². The van der Waals surface area contributed by atoms with Gasteiger partial charge in [-0.15, -0.1) is 0 Å². The Bertz CT molecular complexity index is 1410. The van der Waals surface area contributed by atoms with Gasteiger partial charge in [-0.25, -0.2) is 0 Å². The first kappa shape index (κ1) is 21.1. The minimum atomic E-state index is -4.93. The molecule has 0 aliphatic heterocycles. The Morgan fingerprint density at radius 1 is 0.700 bits per heavy atom. The fraction of sp³-hybridized carbons (Fsp3) is 0. The van der Waals surface area contributed by atoms with Crippen LogP contribution in [0.2, 0.25) is 0 Å². The maximum absolute atomic E-state index is 11.5. The van der Waals surface area contributed by atoms with Crippen molar-refractivity contribution < 1.29 is 34.3 Å². The molecule has 0 saturated heterocycles. The molecular weight excluding hydrogens is 572 g/mol. The van der Waals surface area contributed by atoms with Gasteiger partial charge < -0.3 is 18.3 Å². The molecule has 0 amide bonds. The van der Waals surface area contributed by atoms with Crippen molar-refractivity contribution in [1.29, 1.82) is 0 Å². The Balaban J connectivity index is 2.09. The van der Waals surface area contributed by atoms with E-state index in [0.29, 0.717) is 20.0 Å². The van der Waals surface area contributed by atoms with Crippen molar-refractivity contribution in [3.8, 4) is 22.9 Å². The first-order valence-electron chi connectivity index (χ1n) is 7.88. The lowest BCUT2D eigenvalue weighted by Gasteiger charge is -2.06. The quantitative estimate of drug-likeness (QED) is 0.255. The van der Waals surface area contributed by atoms with Crippen LogP contribution in [0.1, 0.15) is 0 Å². The summed E-state index contributed by atoms with van der Waals surface area (Å²) >= 11 is 6.54. The van der Waals surface area contributed by atoms with Gasteiger partial charge in [0, 0.05) is 30.8 Å². The number of hydrogen-bond acceptors (Lipinski definition) is 6. The Morgan fingerprint density at radius 2 is 1.07 bits per heavy atom. The maximum Gasteiger partial charge on any atom is 0.446 e. The average molecular weight is 582 g/mol. The highest BCUT2D eigenvalue weighted by Crippen LogP contribution is 2.45. The van der Waals surface area contributed by atoms with Crippen LogP contribution in [0.3, 0.4) is 0 Å². The van der Waals surface area contributed by atoms with Crippen molar-refractivity contribution in [2.75, 3.05) is 0 Å². The third kappa shape index (κ3) is 4.19. The Labute approximate surface area is 186 Å². The van der Waals surface area contributed by atoms with E-state index >= 15 is 0 Å². The minimum absolute atomic E-state index is 0.0355. The van der Waals surface area contributed by atoms with E-state index in [1.807, 2.05) is 0 Å². The molecule has 2 heterocycles. The number of aromatic amines is 2. The summed E-state index contributed by atoms with van der Waals surface area (Å²) in [7, 11) is -9.86. The number of rotatable bonds is 5. The van der Waals surface area contributed by atoms with Crippen LogP contribution in [0.15, 0.2) is 45.3 Å². The summed E-state index contributed by atoms with van der Waals surface area (Å²) in [4.78, 5) is 5.82. The molecule has 158 valence electrons. The predicted octanol–water partition coefficient (Wildman–Crippen LogP) is 4.20. The highest BCUT2D eigenvalue weighted by molar-refractivity contribution is 9.10. The summed E-state index contributed by atoms with van der Waals surface area (Å²) in [5, 5.41) is 0.546. The smallest absolute Gasteiger partial charge is 0.359 e. The van der Waals surface area contributed by atoms with E-state index in [0.717, 1.165) is 0 Å². The molecule has 4 N–H and O–H groups in total. The SMILES string of the molecule is O=S(=O)(O)Oc1c(-c2[nH]c3ccc(Br)cc3c2OS(=O)(=O)O)[nH]c2ccc(Br)cc12. The molecule has 2 aromatic carbocycles. The van der Waals surface area contributed by atoms with Crippen molar-refractivity contribution in [2.45, 2.75) is 0 Å². The van der Waals surface area contributed by atoms with Gasteiger partial charge in [0.15, 0.2) is 11.5 Å². The van der Waals surface area contributed by atoms with Crippen molar-refractivity contribution >= 4 is 74.5 Å². The molecule has 30 heavy (non-hydrogen) atoms. The summed E-state index contributed by atoms with van der Waals surface area (Å²) in [6.45, 7) is 0. The van der Waals surface area contributed by atoms with E-state index in [1.165, 1.54) is 0 Å². The summed E-state index contributed by atoms with van der Waals surface area (Å²) in [5.41, 5.74) is 0.771. The van der Waals surface area contributed by atoms with Crippen LogP contribution in [0.4, 0.5) is 0 Å². The zero-order valence-electron chi connectivity index (χ0n) is 14.4. The number of H-pyrrole nitrogens is 2. The molecule has 0 aliphatic carbocycles. The summed E-state index contributed by atoms with van der Waals surface area (Å²) in [6, 6.07) is 9.66. The molecule has 4 rings (SSSR count). The second-order valence-electron chi connectivity index (χ2n) is 6.06. The largest absolute Gasteiger partial charge is 0.446 e. The zero-order valence-corrected chi connectivity index (χ0v) is 19.2. The molecule has 0 unspecified atom stereocenters. The van der Waals surface area contributed by atoms with E-state index in [-0.39, 0.29) is 33.7 Å². The lowest BCUT2D eigenvalue weighted by atomic mass is 10.2. The van der Waals surface area contributed by atoms with Crippen LogP contribution >= 0.6 is 31.9 Å². The highest BCUT2D eigenvalue weighted by Gasteiger charge is 2.27. The minimum Gasteiger partial charge on any atom is -0.359 e. The van der Waals surface area contributed by atoms with Crippen molar-refractivity contribution in [1.82, 2.24) is 9.97 Å². The van der Waals surface area contributed by atoms with Gasteiger partial charge in [0.2, 0.25) is 0 Å². The third-order valence-electron chi connectivity index (χ3n) is 4.05. The van der Waals surface area contributed by atoms with Crippen LogP contribution in [-0.4, -0.2) is 35.9 Å². The molecule has 0 radical (unpaired) electrons. The molecule has 0 saturated carbocycles. The van der Waals surface area contributed by atoms with Gasteiger partial charge in [-0.1, -0.05) is 31.9 Å². The normalized spacial score (nSPS) is 12.5. The predicted molar refractivity (Wildman–Crippen MR) is 115 cm³/mol. The maximum atomic E-state index is 11.5. The topological polar surface area (TPSA) is 159 Å². The Morgan fingerprint density at radius 3 is 1.40 bits per heavy atom. The van der Waals surface area contributed by atoms with Gasteiger partial charge in [0.1, 0.15) is 11.4 Å². The number of fused-ring (bicyclic) bond motifs is 2. The summed E-state index contributed by atoms with van der Waals surface area (Å²) < 4.78 is 75.1. The monoisotopic (exact) mass is 580 g/mol. The van der Waals surface area contributed by atoms with Crippen LogP contribution in [0.5, 0.6) is 11.5 Å². The molecule has 10 nitrogen and oxygen atoms in total. The molecule has 0 atom stereocenters. The molecule has 0 aliphatic rings. The van der Waals surface area contributed by atoms with E-state index in [2.05, 4.69) is 41.8 Å². The Kier molecular flexibility index (Phi) is 5.11. The number of benzene rings is 2. The molecule has 0 spiro atoms. The molecule has 2 aromatic heterocycles. The van der Waals surface area contributed by atoms with Gasteiger partial charge in [-0.3, -0.25) is 9.11 Å². The first-order valence-corrected chi connectivity index (χ1v) is 12.2. The molecule has 0 bridgehead atoms. The number of hydrogen-bond donors (Lipinski definition) is 4. The van der Waals surface area contributed by atoms with Crippen LogP contribution in [0.25, 0.3) is 33.2 Å². The van der Waals surface area contributed by atoms with Gasteiger partial charge in [0.25, 0.3) is 0 Å². The molecule has 14 heteroatoms. The average Bonchev–Trinajstić information content (AvgIpc) is 3.11. The number of aromatic nitrogens is 2. The van der Waals surface area contributed by atoms with E-state index in [4.69, 9.17) is 8.37 Å². The second-order valence-corrected chi connectivity index (χ2v) is 9.94. The third-order valence-corrected chi connectivity index (χ3v) is 5.79. The Hall–Kier alpha value is -2.10. The van der Waals surface area contributed by atoms with Gasteiger partial charge >= 0.3 is 20.8 Å². The highest BCUT2D eigenvalue weighted by atomic mass is 79.9. The van der Waals surface area contributed by atoms with Crippen LogP contribution in [0, 0.1) is 0 Å². The molecule has 4 aromatic rings. The molecular formula is C16H10Br2N2O8S2. The standard InChI is InChI=1S/C16H10Br2N2O8S2/c17-7-1-3-11-9(5-7)15(27-29(21,22)23)13(19-11)14-16(28-30(24,25)26)10-6-8(18)2-4-12(10)20-14/h1-6,19-20H,(H,21,22,23)(H,24,25,26).